The number of aromatic amines is 1. The van der Waals surface area contributed by atoms with Crippen LogP contribution in [-0.2, 0) is 19.4 Å². The molecular formula is C19H25N3O2. The summed E-state index contributed by atoms with van der Waals surface area (Å²) in [7, 11) is 0. The molecule has 1 aliphatic rings. The summed E-state index contributed by atoms with van der Waals surface area (Å²) < 4.78 is 0. The number of aromatic nitrogens is 2. The van der Waals surface area contributed by atoms with Gasteiger partial charge in [-0.3, -0.25) is 9.69 Å². The van der Waals surface area contributed by atoms with E-state index in [-0.39, 0.29) is 11.6 Å². The van der Waals surface area contributed by atoms with E-state index in [4.69, 9.17) is 4.98 Å². The minimum absolute atomic E-state index is 0.0317. The first-order chi connectivity index (χ1) is 11.5. The number of aliphatic hydroxyl groups excluding tert-OH is 1. The van der Waals surface area contributed by atoms with E-state index in [0.717, 1.165) is 30.0 Å². The maximum atomic E-state index is 12.5. The second-order valence-corrected chi connectivity index (χ2v) is 6.74. The minimum Gasteiger partial charge on any atom is -0.392 e. The zero-order valence-corrected chi connectivity index (χ0v) is 14.5. The van der Waals surface area contributed by atoms with Crippen molar-refractivity contribution in [1.29, 1.82) is 0 Å². The first-order valence-electron chi connectivity index (χ1n) is 8.53. The molecule has 2 heterocycles. The molecule has 2 aromatic rings. The lowest BCUT2D eigenvalue weighted by Crippen LogP contribution is -2.45. The van der Waals surface area contributed by atoms with Gasteiger partial charge in [-0.1, -0.05) is 24.3 Å². The van der Waals surface area contributed by atoms with Gasteiger partial charge in [0.1, 0.15) is 5.82 Å². The molecule has 1 aliphatic heterocycles. The Morgan fingerprint density at radius 2 is 2.08 bits per heavy atom. The number of hydrogen-bond acceptors (Lipinski definition) is 4. The summed E-state index contributed by atoms with van der Waals surface area (Å²) >= 11 is 0. The van der Waals surface area contributed by atoms with Crippen molar-refractivity contribution in [2.24, 2.45) is 0 Å². The fourth-order valence-corrected chi connectivity index (χ4v) is 3.22. The summed E-state index contributed by atoms with van der Waals surface area (Å²) in [5.41, 5.74) is 3.97. The van der Waals surface area contributed by atoms with E-state index in [1.807, 2.05) is 19.1 Å². The summed E-state index contributed by atoms with van der Waals surface area (Å²) in [5.74, 6) is 0.727. The molecule has 0 spiro atoms. The monoisotopic (exact) mass is 327 g/mol. The summed E-state index contributed by atoms with van der Waals surface area (Å²) in [6.07, 6.45) is 0.971. The highest BCUT2D eigenvalue weighted by Crippen LogP contribution is 2.18. The zero-order valence-electron chi connectivity index (χ0n) is 14.5. The van der Waals surface area contributed by atoms with Crippen LogP contribution >= 0.6 is 0 Å². The van der Waals surface area contributed by atoms with Crippen molar-refractivity contribution in [2.45, 2.75) is 52.3 Å². The van der Waals surface area contributed by atoms with E-state index in [2.05, 4.69) is 28.9 Å². The third-order valence-corrected chi connectivity index (χ3v) is 5.04. The van der Waals surface area contributed by atoms with E-state index in [9.17, 15) is 9.90 Å². The number of rotatable bonds is 4. The lowest BCUT2D eigenvalue weighted by Gasteiger charge is -2.34. The topological polar surface area (TPSA) is 69.2 Å². The molecule has 3 rings (SSSR count). The number of fused-ring (bicyclic) bond motifs is 1. The van der Waals surface area contributed by atoms with E-state index >= 15 is 0 Å². The SMILES string of the molecule is Cc1ccccc1Cc1nc2c(c(=O)[nH]1)CN(C(C)C(C)O)CC2. The molecule has 1 aromatic heterocycles. The van der Waals surface area contributed by atoms with Gasteiger partial charge in [0.25, 0.3) is 5.56 Å². The number of nitrogens with one attached hydrogen (secondary N) is 1. The smallest absolute Gasteiger partial charge is 0.255 e. The van der Waals surface area contributed by atoms with Crippen LogP contribution in [0.5, 0.6) is 0 Å². The first kappa shape index (κ1) is 16.9. The number of hydrogen-bond donors (Lipinski definition) is 2. The van der Waals surface area contributed by atoms with E-state index < -0.39 is 6.10 Å². The van der Waals surface area contributed by atoms with Crippen molar-refractivity contribution >= 4 is 0 Å². The second-order valence-electron chi connectivity index (χ2n) is 6.74. The van der Waals surface area contributed by atoms with Gasteiger partial charge in [-0.05, 0) is 31.9 Å². The second kappa shape index (κ2) is 6.87. The van der Waals surface area contributed by atoms with Crippen LogP contribution < -0.4 is 5.56 Å². The fourth-order valence-electron chi connectivity index (χ4n) is 3.22. The molecule has 1 aromatic carbocycles. The minimum atomic E-state index is -0.418. The molecule has 128 valence electrons. The van der Waals surface area contributed by atoms with Crippen LogP contribution in [0.3, 0.4) is 0 Å². The normalized spacial score (nSPS) is 17.3. The van der Waals surface area contributed by atoms with Crippen LogP contribution in [0.15, 0.2) is 29.1 Å². The van der Waals surface area contributed by atoms with Crippen LogP contribution in [0.1, 0.15) is 42.1 Å². The molecule has 2 N–H and O–H groups in total. The summed E-state index contributed by atoms with van der Waals surface area (Å²) in [5, 5.41) is 9.78. The molecule has 0 radical (unpaired) electrons. The largest absolute Gasteiger partial charge is 0.392 e. The molecule has 0 saturated carbocycles. The highest BCUT2D eigenvalue weighted by molar-refractivity contribution is 5.29. The number of aryl methyl sites for hydroxylation is 1. The number of nitrogens with zero attached hydrogens (tertiary/aromatic N) is 2. The van der Waals surface area contributed by atoms with Gasteiger partial charge in [0.15, 0.2) is 0 Å². The molecule has 5 heteroatoms. The number of aliphatic hydroxyl groups is 1. The third kappa shape index (κ3) is 3.42. The average molecular weight is 327 g/mol. The molecule has 5 nitrogen and oxygen atoms in total. The Balaban J connectivity index is 1.85. The van der Waals surface area contributed by atoms with E-state index in [0.29, 0.717) is 13.0 Å². The van der Waals surface area contributed by atoms with Gasteiger partial charge < -0.3 is 10.1 Å². The standard InChI is InChI=1S/C19H25N3O2/c1-12-6-4-5-7-15(12)10-18-20-17-8-9-22(13(2)14(3)23)11-16(17)19(24)21-18/h4-7,13-14,23H,8-11H2,1-3H3,(H,20,21,24). The van der Waals surface area contributed by atoms with Gasteiger partial charge >= 0.3 is 0 Å². The molecular weight excluding hydrogens is 302 g/mol. The zero-order chi connectivity index (χ0) is 17.3. The third-order valence-electron chi connectivity index (χ3n) is 5.04. The maximum Gasteiger partial charge on any atom is 0.255 e. The Kier molecular flexibility index (Phi) is 4.83. The highest BCUT2D eigenvalue weighted by atomic mass is 16.3. The molecule has 0 aliphatic carbocycles. The first-order valence-corrected chi connectivity index (χ1v) is 8.53. The lowest BCUT2D eigenvalue weighted by molar-refractivity contribution is 0.0618. The van der Waals surface area contributed by atoms with Crippen LogP contribution in [0.25, 0.3) is 0 Å². The van der Waals surface area contributed by atoms with E-state index in [1.165, 1.54) is 11.1 Å². The van der Waals surface area contributed by atoms with E-state index in [1.54, 1.807) is 6.92 Å². The fraction of sp³-hybridized carbons (Fsp3) is 0.474. The Labute approximate surface area is 142 Å². The molecule has 0 fully saturated rings. The maximum absolute atomic E-state index is 12.5. The van der Waals surface area contributed by atoms with Gasteiger partial charge in [-0.25, -0.2) is 4.98 Å². The number of H-pyrrole nitrogens is 1. The van der Waals surface area contributed by atoms with Crippen molar-refractivity contribution in [3.8, 4) is 0 Å². The number of benzene rings is 1. The van der Waals surface area contributed by atoms with Crippen molar-refractivity contribution in [3.63, 3.8) is 0 Å². The van der Waals surface area contributed by atoms with Gasteiger partial charge in [-0.2, -0.15) is 0 Å². The van der Waals surface area contributed by atoms with Gasteiger partial charge in [-0.15, -0.1) is 0 Å². The Hall–Kier alpha value is -1.98. The van der Waals surface area contributed by atoms with Crippen molar-refractivity contribution in [2.75, 3.05) is 6.54 Å². The molecule has 2 atom stereocenters. The Bertz CT molecular complexity index is 782. The highest BCUT2D eigenvalue weighted by Gasteiger charge is 2.26. The predicted octanol–water partition coefficient (Wildman–Crippen LogP) is 1.80. The van der Waals surface area contributed by atoms with Gasteiger partial charge in [0, 0.05) is 32.0 Å². The van der Waals surface area contributed by atoms with Crippen LogP contribution in [0.4, 0.5) is 0 Å². The quantitative estimate of drug-likeness (QED) is 0.898. The predicted molar refractivity (Wildman–Crippen MR) is 94.1 cm³/mol. The van der Waals surface area contributed by atoms with Gasteiger partial charge in [0.2, 0.25) is 0 Å². The molecule has 0 bridgehead atoms. The summed E-state index contributed by atoms with van der Waals surface area (Å²) in [4.78, 5) is 22.3. The summed E-state index contributed by atoms with van der Waals surface area (Å²) in [6, 6.07) is 8.19. The van der Waals surface area contributed by atoms with Crippen LogP contribution in [-0.4, -0.2) is 38.7 Å². The van der Waals surface area contributed by atoms with Crippen LogP contribution in [0, 0.1) is 6.92 Å². The summed E-state index contributed by atoms with van der Waals surface area (Å²) in [6.45, 7) is 7.21. The van der Waals surface area contributed by atoms with Crippen molar-refractivity contribution < 1.29 is 5.11 Å². The Morgan fingerprint density at radius 3 is 2.79 bits per heavy atom. The molecule has 24 heavy (non-hydrogen) atoms. The van der Waals surface area contributed by atoms with Crippen molar-refractivity contribution in [1.82, 2.24) is 14.9 Å². The van der Waals surface area contributed by atoms with Gasteiger partial charge in [0.05, 0.1) is 17.4 Å². The Morgan fingerprint density at radius 1 is 1.33 bits per heavy atom. The average Bonchev–Trinajstić information content (AvgIpc) is 2.56. The lowest BCUT2D eigenvalue weighted by atomic mass is 10.0. The van der Waals surface area contributed by atoms with Crippen LogP contribution in [0.2, 0.25) is 0 Å². The van der Waals surface area contributed by atoms with Crippen molar-refractivity contribution in [3.05, 3.63) is 62.8 Å². The molecule has 0 saturated heterocycles. The molecule has 0 amide bonds. The molecule has 2 unspecified atom stereocenters.